The summed E-state index contributed by atoms with van der Waals surface area (Å²) in [7, 11) is 0. The van der Waals surface area contributed by atoms with E-state index < -0.39 is 0 Å². The van der Waals surface area contributed by atoms with Crippen molar-refractivity contribution in [1.82, 2.24) is 9.80 Å². The van der Waals surface area contributed by atoms with E-state index in [1.807, 2.05) is 0 Å². The van der Waals surface area contributed by atoms with Crippen LogP contribution in [0.15, 0.2) is 52.9 Å². The van der Waals surface area contributed by atoms with Gasteiger partial charge in [-0.1, -0.05) is 42.5 Å². The van der Waals surface area contributed by atoms with Gasteiger partial charge < -0.3 is 4.42 Å². The quantitative estimate of drug-likeness (QED) is 0.689. The SMILES string of the molecule is Cc1c(CN2CCN(C3CCc4ccccc4C3)CC2)oc2ccccc12. The molecule has 0 saturated carbocycles. The summed E-state index contributed by atoms with van der Waals surface area (Å²) in [6, 6.07) is 18.1. The van der Waals surface area contributed by atoms with E-state index in [0.717, 1.165) is 37.0 Å². The van der Waals surface area contributed by atoms with Crippen LogP contribution in [0.1, 0.15) is 28.9 Å². The Balaban J connectivity index is 1.21. The Kier molecular flexibility index (Phi) is 4.50. The lowest BCUT2D eigenvalue weighted by molar-refractivity contribution is 0.0820. The largest absolute Gasteiger partial charge is 0.459 e. The van der Waals surface area contributed by atoms with E-state index in [4.69, 9.17) is 4.42 Å². The number of rotatable bonds is 3. The molecule has 1 saturated heterocycles. The summed E-state index contributed by atoms with van der Waals surface area (Å²) in [6.07, 6.45) is 3.76. The minimum Gasteiger partial charge on any atom is -0.459 e. The van der Waals surface area contributed by atoms with Gasteiger partial charge >= 0.3 is 0 Å². The zero-order chi connectivity index (χ0) is 18.2. The van der Waals surface area contributed by atoms with Gasteiger partial charge in [-0.25, -0.2) is 0 Å². The maximum Gasteiger partial charge on any atom is 0.134 e. The maximum absolute atomic E-state index is 6.13. The number of benzene rings is 2. The van der Waals surface area contributed by atoms with Gasteiger partial charge in [-0.05, 0) is 48.9 Å². The zero-order valence-electron chi connectivity index (χ0n) is 16.2. The molecule has 0 amide bonds. The summed E-state index contributed by atoms with van der Waals surface area (Å²) in [5.74, 6) is 1.14. The molecular formula is C24H28N2O. The Morgan fingerprint density at radius 3 is 2.48 bits per heavy atom. The molecule has 0 radical (unpaired) electrons. The molecule has 140 valence electrons. The van der Waals surface area contributed by atoms with E-state index >= 15 is 0 Å². The molecule has 1 aromatic heterocycles. The van der Waals surface area contributed by atoms with Crippen LogP contribution >= 0.6 is 0 Å². The Morgan fingerprint density at radius 2 is 1.67 bits per heavy atom. The second-order valence-electron chi connectivity index (χ2n) is 8.12. The van der Waals surface area contributed by atoms with E-state index in [-0.39, 0.29) is 0 Å². The first-order valence-electron chi connectivity index (χ1n) is 10.3. The number of fused-ring (bicyclic) bond motifs is 2. The maximum atomic E-state index is 6.13. The van der Waals surface area contributed by atoms with Gasteiger partial charge in [0.25, 0.3) is 0 Å². The number of nitrogens with zero attached hydrogens (tertiary/aromatic N) is 2. The van der Waals surface area contributed by atoms with Crippen molar-refractivity contribution in [3.05, 3.63) is 71.0 Å². The lowest BCUT2D eigenvalue weighted by atomic mass is 9.87. The topological polar surface area (TPSA) is 19.6 Å². The fourth-order valence-electron chi connectivity index (χ4n) is 4.86. The van der Waals surface area contributed by atoms with Crippen LogP contribution in [0, 0.1) is 6.92 Å². The van der Waals surface area contributed by atoms with Crippen LogP contribution in [0.2, 0.25) is 0 Å². The van der Waals surface area contributed by atoms with E-state index in [9.17, 15) is 0 Å². The molecule has 2 heterocycles. The highest BCUT2D eigenvalue weighted by Gasteiger charge is 2.27. The van der Waals surface area contributed by atoms with Crippen LogP contribution in [0.4, 0.5) is 0 Å². The fourth-order valence-corrected chi connectivity index (χ4v) is 4.86. The van der Waals surface area contributed by atoms with Crippen LogP contribution < -0.4 is 0 Å². The number of aryl methyl sites for hydroxylation is 2. The summed E-state index contributed by atoms with van der Waals surface area (Å²) >= 11 is 0. The first-order valence-corrected chi connectivity index (χ1v) is 10.3. The molecule has 2 aliphatic rings. The molecule has 1 fully saturated rings. The molecule has 1 aliphatic heterocycles. The summed E-state index contributed by atoms with van der Waals surface area (Å²) in [6.45, 7) is 7.74. The minimum absolute atomic E-state index is 0.718. The Labute approximate surface area is 161 Å². The number of furan rings is 1. The van der Waals surface area contributed by atoms with Crippen molar-refractivity contribution < 1.29 is 4.42 Å². The molecule has 0 N–H and O–H groups in total. The monoisotopic (exact) mass is 360 g/mol. The lowest BCUT2D eigenvalue weighted by Gasteiger charge is -2.41. The minimum atomic E-state index is 0.718. The smallest absolute Gasteiger partial charge is 0.134 e. The fraction of sp³-hybridized carbons (Fsp3) is 0.417. The second kappa shape index (κ2) is 7.14. The molecule has 5 rings (SSSR count). The predicted octanol–water partition coefficient (Wildman–Crippen LogP) is 4.42. The summed E-state index contributed by atoms with van der Waals surface area (Å²) in [5, 5.41) is 1.26. The first-order chi connectivity index (χ1) is 13.3. The number of hydrogen-bond donors (Lipinski definition) is 0. The molecule has 1 unspecified atom stereocenters. The van der Waals surface area contributed by atoms with Gasteiger partial charge in [-0.15, -0.1) is 0 Å². The molecule has 3 nitrogen and oxygen atoms in total. The number of para-hydroxylation sites is 1. The zero-order valence-corrected chi connectivity index (χ0v) is 16.2. The van der Waals surface area contributed by atoms with Crippen LogP contribution in [-0.2, 0) is 19.4 Å². The molecular weight excluding hydrogens is 332 g/mol. The van der Waals surface area contributed by atoms with E-state index in [0.29, 0.717) is 0 Å². The Hall–Kier alpha value is -2.10. The van der Waals surface area contributed by atoms with E-state index in [1.165, 1.54) is 43.3 Å². The van der Waals surface area contributed by atoms with Crippen LogP contribution in [0.3, 0.4) is 0 Å². The molecule has 27 heavy (non-hydrogen) atoms. The summed E-state index contributed by atoms with van der Waals surface area (Å²) in [4.78, 5) is 5.27. The summed E-state index contributed by atoms with van der Waals surface area (Å²) < 4.78 is 6.13. The van der Waals surface area contributed by atoms with Crippen LogP contribution in [0.25, 0.3) is 11.0 Å². The molecule has 3 heteroatoms. The highest BCUT2D eigenvalue weighted by atomic mass is 16.3. The van der Waals surface area contributed by atoms with Crippen molar-refractivity contribution in [2.24, 2.45) is 0 Å². The van der Waals surface area contributed by atoms with Crippen molar-refractivity contribution >= 4 is 11.0 Å². The first kappa shape index (κ1) is 17.0. The van der Waals surface area contributed by atoms with Gasteiger partial charge in [-0.3, -0.25) is 9.80 Å². The molecule has 1 aliphatic carbocycles. The van der Waals surface area contributed by atoms with Crippen molar-refractivity contribution in [2.45, 2.75) is 38.8 Å². The van der Waals surface area contributed by atoms with Gasteiger partial charge in [0.15, 0.2) is 0 Å². The molecule has 2 aromatic carbocycles. The third-order valence-corrected chi connectivity index (χ3v) is 6.55. The van der Waals surface area contributed by atoms with Crippen LogP contribution in [0.5, 0.6) is 0 Å². The predicted molar refractivity (Wildman–Crippen MR) is 110 cm³/mol. The highest BCUT2D eigenvalue weighted by molar-refractivity contribution is 5.81. The highest BCUT2D eigenvalue weighted by Crippen LogP contribution is 2.28. The number of piperazine rings is 1. The lowest BCUT2D eigenvalue weighted by Crippen LogP contribution is -2.51. The van der Waals surface area contributed by atoms with Gasteiger partial charge in [0.2, 0.25) is 0 Å². The standard InChI is InChI=1S/C24H28N2O/c1-18-22-8-4-5-9-23(22)27-24(18)17-25-12-14-26(15-13-25)21-11-10-19-6-2-3-7-20(19)16-21/h2-9,21H,10-17H2,1H3. The van der Waals surface area contributed by atoms with Crippen molar-refractivity contribution in [3.63, 3.8) is 0 Å². The van der Waals surface area contributed by atoms with E-state index in [1.54, 1.807) is 11.1 Å². The average Bonchev–Trinajstić information content (AvgIpc) is 3.04. The molecule has 3 aromatic rings. The normalized spacial score (nSPS) is 21.4. The van der Waals surface area contributed by atoms with Crippen LogP contribution in [-0.4, -0.2) is 42.0 Å². The summed E-state index contributed by atoms with van der Waals surface area (Å²) in [5.41, 5.74) is 5.45. The third kappa shape index (κ3) is 3.30. The van der Waals surface area contributed by atoms with Crippen molar-refractivity contribution in [3.8, 4) is 0 Å². The third-order valence-electron chi connectivity index (χ3n) is 6.55. The Bertz CT molecular complexity index is 936. The van der Waals surface area contributed by atoms with Crippen molar-refractivity contribution in [1.29, 1.82) is 0 Å². The van der Waals surface area contributed by atoms with Crippen molar-refractivity contribution in [2.75, 3.05) is 26.2 Å². The molecule has 1 atom stereocenters. The Morgan fingerprint density at radius 1 is 0.926 bits per heavy atom. The van der Waals surface area contributed by atoms with Gasteiger partial charge in [-0.2, -0.15) is 0 Å². The molecule has 0 bridgehead atoms. The van der Waals surface area contributed by atoms with Gasteiger partial charge in [0.05, 0.1) is 6.54 Å². The average molecular weight is 361 g/mol. The second-order valence-corrected chi connectivity index (χ2v) is 8.12. The molecule has 0 spiro atoms. The van der Waals surface area contributed by atoms with Gasteiger partial charge in [0, 0.05) is 37.6 Å². The number of hydrogen-bond acceptors (Lipinski definition) is 3. The van der Waals surface area contributed by atoms with Gasteiger partial charge in [0.1, 0.15) is 11.3 Å². The van der Waals surface area contributed by atoms with E-state index in [2.05, 4.69) is 65.3 Å².